The summed E-state index contributed by atoms with van der Waals surface area (Å²) in [5.74, 6) is 0.686. The maximum Gasteiger partial charge on any atom is 0.0548 e. The van der Waals surface area contributed by atoms with Crippen molar-refractivity contribution in [3.05, 3.63) is 28.2 Å². The molecule has 1 aromatic carbocycles. The molecule has 104 valence electrons. The summed E-state index contributed by atoms with van der Waals surface area (Å²) in [4.78, 5) is 2.56. The number of nitrogens with two attached hydrogens (primary N) is 1. The third-order valence-electron chi connectivity index (χ3n) is 4.73. The van der Waals surface area contributed by atoms with Crippen LogP contribution in [0.15, 0.2) is 22.7 Å². The van der Waals surface area contributed by atoms with Crippen molar-refractivity contribution in [1.82, 2.24) is 4.90 Å². The standard InChI is InChI=1S/C15H22BrN3/c1-11-6-13(16)8-14(7-11)18-15(10-17)3-5-19-4-2-12(15)9-19/h6-8,12,18H,2-5,9-10,17H2,1H3. The second-order valence-electron chi connectivity index (χ2n) is 6.04. The number of fused-ring (bicyclic) bond motifs is 2. The van der Waals surface area contributed by atoms with Crippen LogP contribution in [0.2, 0.25) is 0 Å². The van der Waals surface area contributed by atoms with Gasteiger partial charge in [0.15, 0.2) is 0 Å². The highest BCUT2D eigenvalue weighted by Crippen LogP contribution is 2.38. The molecule has 2 heterocycles. The number of aryl methyl sites for hydroxylation is 1. The van der Waals surface area contributed by atoms with Crippen molar-refractivity contribution < 1.29 is 0 Å². The Bertz CT molecular complexity index is 456. The maximum absolute atomic E-state index is 6.15. The van der Waals surface area contributed by atoms with E-state index in [1.54, 1.807) is 0 Å². The summed E-state index contributed by atoms with van der Waals surface area (Å²) in [6, 6.07) is 6.51. The molecule has 2 bridgehead atoms. The lowest BCUT2D eigenvalue weighted by molar-refractivity contribution is 0.190. The van der Waals surface area contributed by atoms with Gasteiger partial charge in [-0.05, 0) is 56.0 Å². The van der Waals surface area contributed by atoms with Gasteiger partial charge in [0.1, 0.15) is 0 Å². The first kappa shape index (κ1) is 13.4. The van der Waals surface area contributed by atoms with Crippen LogP contribution < -0.4 is 11.1 Å². The fourth-order valence-corrected chi connectivity index (χ4v) is 4.24. The molecule has 2 saturated heterocycles. The van der Waals surface area contributed by atoms with Gasteiger partial charge in [-0.3, -0.25) is 0 Å². The second kappa shape index (κ2) is 5.08. The van der Waals surface area contributed by atoms with Crippen molar-refractivity contribution in [3.8, 4) is 0 Å². The Balaban J connectivity index is 1.86. The second-order valence-corrected chi connectivity index (χ2v) is 6.95. The Hall–Kier alpha value is -0.580. The van der Waals surface area contributed by atoms with E-state index >= 15 is 0 Å². The Morgan fingerprint density at radius 3 is 3.00 bits per heavy atom. The number of halogens is 1. The van der Waals surface area contributed by atoms with E-state index in [2.05, 4.69) is 51.3 Å². The average Bonchev–Trinajstić information content (AvgIpc) is 2.77. The molecule has 0 spiro atoms. The van der Waals surface area contributed by atoms with Crippen molar-refractivity contribution >= 4 is 21.6 Å². The molecule has 3 atom stereocenters. The van der Waals surface area contributed by atoms with Crippen LogP contribution in [-0.2, 0) is 0 Å². The molecule has 3 nitrogen and oxygen atoms in total. The van der Waals surface area contributed by atoms with Crippen LogP contribution >= 0.6 is 15.9 Å². The molecule has 0 saturated carbocycles. The summed E-state index contributed by atoms with van der Waals surface area (Å²) in [5.41, 5.74) is 8.70. The van der Waals surface area contributed by atoms with E-state index in [-0.39, 0.29) is 5.54 Å². The molecule has 0 radical (unpaired) electrons. The third kappa shape index (κ3) is 2.54. The molecule has 2 aliphatic rings. The number of hydrogen-bond acceptors (Lipinski definition) is 3. The Kier molecular flexibility index (Phi) is 3.58. The topological polar surface area (TPSA) is 41.3 Å². The van der Waals surface area contributed by atoms with E-state index in [4.69, 9.17) is 5.73 Å². The Labute approximate surface area is 123 Å². The number of benzene rings is 1. The molecular formula is C15H22BrN3. The third-order valence-corrected chi connectivity index (χ3v) is 5.19. The quantitative estimate of drug-likeness (QED) is 0.898. The Morgan fingerprint density at radius 2 is 2.26 bits per heavy atom. The predicted molar refractivity (Wildman–Crippen MR) is 83.5 cm³/mol. The molecule has 3 rings (SSSR count). The first-order valence-corrected chi connectivity index (χ1v) is 7.88. The van der Waals surface area contributed by atoms with Gasteiger partial charge in [-0.1, -0.05) is 15.9 Å². The smallest absolute Gasteiger partial charge is 0.0548 e. The van der Waals surface area contributed by atoms with E-state index < -0.39 is 0 Å². The Morgan fingerprint density at radius 1 is 1.42 bits per heavy atom. The lowest BCUT2D eigenvalue weighted by atomic mass is 9.78. The number of nitrogens with zero attached hydrogens (tertiary/aromatic N) is 1. The highest BCUT2D eigenvalue weighted by atomic mass is 79.9. The van der Waals surface area contributed by atoms with E-state index in [9.17, 15) is 0 Å². The molecule has 4 heteroatoms. The molecule has 0 aliphatic carbocycles. The van der Waals surface area contributed by atoms with E-state index in [0.29, 0.717) is 5.92 Å². The zero-order valence-electron chi connectivity index (χ0n) is 11.5. The molecule has 3 N–H and O–H groups in total. The van der Waals surface area contributed by atoms with Crippen molar-refractivity contribution in [3.63, 3.8) is 0 Å². The van der Waals surface area contributed by atoms with Crippen LogP contribution in [0.25, 0.3) is 0 Å². The number of nitrogens with one attached hydrogen (secondary N) is 1. The van der Waals surface area contributed by atoms with Gasteiger partial charge < -0.3 is 16.0 Å². The van der Waals surface area contributed by atoms with Crippen molar-refractivity contribution in [2.75, 3.05) is 31.5 Å². The fraction of sp³-hybridized carbons (Fsp3) is 0.600. The lowest BCUT2D eigenvalue weighted by Gasteiger charge is -2.43. The van der Waals surface area contributed by atoms with Gasteiger partial charge >= 0.3 is 0 Å². The molecule has 1 aromatic rings. The van der Waals surface area contributed by atoms with Crippen LogP contribution in [0.5, 0.6) is 0 Å². The largest absolute Gasteiger partial charge is 0.378 e. The summed E-state index contributed by atoms with van der Waals surface area (Å²) in [5, 5.41) is 3.77. The van der Waals surface area contributed by atoms with Crippen molar-refractivity contribution in [2.24, 2.45) is 11.7 Å². The molecule has 19 heavy (non-hydrogen) atoms. The van der Waals surface area contributed by atoms with Crippen LogP contribution in [0.3, 0.4) is 0 Å². The van der Waals surface area contributed by atoms with Gasteiger partial charge in [-0.15, -0.1) is 0 Å². The highest BCUT2D eigenvalue weighted by Gasteiger charge is 2.45. The highest BCUT2D eigenvalue weighted by molar-refractivity contribution is 9.10. The monoisotopic (exact) mass is 323 g/mol. The summed E-state index contributed by atoms with van der Waals surface area (Å²) in [6.45, 7) is 6.47. The van der Waals surface area contributed by atoms with Gasteiger partial charge in [0.25, 0.3) is 0 Å². The van der Waals surface area contributed by atoms with Gasteiger partial charge in [-0.2, -0.15) is 0 Å². The van der Waals surface area contributed by atoms with Gasteiger partial charge in [0, 0.05) is 29.8 Å². The van der Waals surface area contributed by atoms with Crippen LogP contribution in [0.4, 0.5) is 5.69 Å². The number of hydrogen-bond donors (Lipinski definition) is 2. The summed E-state index contributed by atoms with van der Waals surface area (Å²) in [7, 11) is 0. The summed E-state index contributed by atoms with van der Waals surface area (Å²) < 4.78 is 1.13. The molecule has 3 unspecified atom stereocenters. The fourth-order valence-electron chi connectivity index (χ4n) is 3.63. The zero-order chi connectivity index (χ0) is 13.5. The van der Waals surface area contributed by atoms with Crippen molar-refractivity contribution in [2.45, 2.75) is 25.3 Å². The number of anilines is 1. The van der Waals surface area contributed by atoms with E-state index in [1.165, 1.54) is 37.3 Å². The normalized spacial score (nSPS) is 33.4. The van der Waals surface area contributed by atoms with Gasteiger partial charge in [0.05, 0.1) is 5.54 Å². The van der Waals surface area contributed by atoms with Crippen LogP contribution in [0, 0.1) is 12.8 Å². The minimum absolute atomic E-state index is 0.0836. The van der Waals surface area contributed by atoms with Crippen LogP contribution in [-0.4, -0.2) is 36.6 Å². The minimum atomic E-state index is 0.0836. The van der Waals surface area contributed by atoms with E-state index in [1.807, 2.05) is 0 Å². The average molecular weight is 324 g/mol. The van der Waals surface area contributed by atoms with Crippen LogP contribution in [0.1, 0.15) is 18.4 Å². The molecular weight excluding hydrogens is 302 g/mol. The molecule has 0 aromatic heterocycles. The maximum atomic E-state index is 6.15. The summed E-state index contributed by atoms with van der Waals surface area (Å²) in [6.07, 6.45) is 2.43. The van der Waals surface area contributed by atoms with Crippen molar-refractivity contribution in [1.29, 1.82) is 0 Å². The van der Waals surface area contributed by atoms with Gasteiger partial charge in [-0.25, -0.2) is 0 Å². The van der Waals surface area contributed by atoms with E-state index in [0.717, 1.165) is 17.4 Å². The summed E-state index contributed by atoms with van der Waals surface area (Å²) >= 11 is 3.58. The number of rotatable bonds is 3. The molecule has 2 fully saturated rings. The number of piperidine rings is 1. The SMILES string of the molecule is Cc1cc(Br)cc(NC2(CN)CCN3CCC2C3)c1. The van der Waals surface area contributed by atoms with Gasteiger partial charge in [0.2, 0.25) is 0 Å². The predicted octanol–water partition coefficient (Wildman–Crippen LogP) is 2.59. The first-order valence-electron chi connectivity index (χ1n) is 7.09. The zero-order valence-corrected chi connectivity index (χ0v) is 13.0. The molecule has 0 amide bonds. The first-order chi connectivity index (χ1) is 9.11. The molecule has 2 aliphatic heterocycles. The lowest BCUT2D eigenvalue weighted by Crippen LogP contribution is -2.56. The minimum Gasteiger partial charge on any atom is -0.378 e.